The number of H-pyrrole nitrogens is 1. The van der Waals surface area contributed by atoms with Crippen molar-refractivity contribution in [2.24, 2.45) is 5.92 Å². The van der Waals surface area contributed by atoms with Crippen LogP contribution in [-0.4, -0.2) is 41.9 Å². The Kier molecular flexibility index (Phi) is 4.70. The molecule has 7 nitrogen and oxygen atoms in total. The van der Waals surface area contributed by atoms with Crippen molar-refractivity contribution in [2.45, 2.75) is 43.7 Å². The van der Waals surface area contributed by atoms with Crippen molar-refractivity contribution >= 4 is 30.9 Å². The Hall–Kier alpha value is -2.75. The Morgan fingerprint density at radius 2 is 1.97 bits per heavy atom. The summed E-state index contributed by atoms with van der Waals surface area (Å²) < 4.78 is 23.2. The van der Waals surface area contributed by atoms with Crippen LogP contribution in [0.3, 0.4) is 0 Å². The van der Waals surface area contributed by atoms with Gasteiger partial charge in [0.15, 0.2) is 5.60 Å². The van der Waals surface area contributed by atoms with Gasteiger partial charge < -0.3 is 19.3 Å². The molecule has 32 heavy (non-hydrogen) atoms. The van der Waals surface area contributed by atoms with E-state index in [2.05, 4.69) is 10.4 Å². The predicted molar refractivity (Wildman–Crippen MR) is 122 cm³/mol. The maximum absolute atomic E-state index is 15.4. The number of nitrogens with one attached hydrogen (secondary N) is 2. The van der Waals surface area contributed by atoms with Crippen LogP contribution in [0.4, 0.5) is 9.80 Å². The van der Waals surface area contributed by atoms with Gasteiger partial charge in [-0.25, -0.2) is 4.68 Å². The Bertz CT molecular complexity index is 1280. The van der Waals surface area contributed by atoms with Crippen LogP contribution in [0.15, 0.2) is 47.3 Å². The monoisotopic (exact) mass is 455 g/mol. The number of aliphatic hydroxyl groups is 1. The van der Waals surface area contributed by atoms with E-state index in [1.165, 1.54) is 4.68 Å². The van der Waals surface area contributed by atoms with Gasteiger partial charge in [-0.15, -0.1) is 0 Å². The number of hydrogen-bond donors (Lipinski definition) is 3. The Labute approximate surface area is 185 Å². The highest BCUT2D eigenvalue weighted by Gasteiger charge is 2.65. The number of benzene rings is 2. The van der Waals surface area contributed by atoms with Crippen LogP contribution in [-0.2, 0) is 15.1 Å². The third-order valence-corrected chi connectivity index (χ3v) is 9.42. The van der Waals surface area contributed by atoms with Crippen molar-refractivity contribution in [1.29, 1.82) is 0 Å². The number of aromatic amines is 1. The Morgan fingerprint density at radius 3 is 2.66 bits per heavy atom. The summed E-state index contributed by atoms with van der Waals surface area (Å²) in [6.07, 6.45) is -0.293. The van der Waals surface area contributed by atoms with Gasteiger partial charge >= 0.3 is 0 Å². The van der Waals surface area contributed by atoms with Gasteiger partial charge in [-0.05, 0) is 49.8 Å². The number of nitrogens with zero attached hydrogens (tertiary/aromatic N) is 1. The number of carbonyl (C=O) groups is 1. The molecule has 3 aromatic rings. The first-order valence-corrected chi connectivity index (χ1v) is 13.8. The molecule has 1 fully saturated rings. The SMILES string of the molecule is C[C@H]1[C@H]([Si](C)(C)F)[C@@H](CCO)O[C@]12C(=O)Nc1ccc(-n3[nH]c4ccccc4c3=O)cc12. The summed E-state index contributed by atoms with van der Waals surface area (Å²) in [7, 11) is -3.22. The molecule has 2 aromatic carbocycles. The summed E-state index contributed by atoms with van der Waals surface area (Å²) >= 11 is 0. The minimum Gasteiger partial charge on any atom is -0.396 e. The molecule has 0 aliphatic carbocycles. The van der Waals surface area contributed by atoms with E-state index in [0.717, 1.165) is 0 Å². The maximum Gasteiger partial charge on any atom is 0.279 e. The molecule has 0 bridgehead atoms. The lowest BCUT2D eigenvalue weighted by Gasteiger charge is -2.30. The van der Waals surface area contributed by atoms with Crippen LogP contribution >= 0.6 is 0 Å². The van der Waals surface area contributed by atoms with E-state index in [1.54, 1.807) is 43.4 Å². The van der Waals surface area contributed by atoms with Crippen LogP contribution < -0.4 is 10.9 Å². The van der Waals surface area contributed by atoms with Crippen molar-refractivity contribution in [3.8, 4) is 5.69 Å². The molecule has 9 heteroatoms. The molecule has 1 amide bonds. The van der Waals surface area contributed by atoms with Gasteiger partial charge in [0.1, 0.15) is 0 Å². The lowest BCUT2D eigenvalue weighted by molar-refractivity contribution is -0.143. The number of hydrogen-bond acceptors (Lipinski definition) is 4. The van der Waals surface area contributed by atoms with E-state index in [9.17, 15) is 14.7 Å². The fourth-order valence-corrected chi connectivity index (χ4v) is 8.17. The highest BCUT2D eigenvalue weighted by atomic mass is 28.4. The average Bonchev–Trinajstić information content (AvgIpc) is 3.33. The first-order valence-electron chi connectivity index (χ1n) is 10.8. The quantitative estimate of drug-likeness (QED) is 0.415. The first kappa shape index (κ1) is 21.1. The number of ether oxygens (including phenoxy) is 1. The fraction of sp³-hybridized carbons (Fsp3) is 0.391. The van der Waals surface area contributed by atoms with E-state index < -0.39 is 31.6 Å². The second-order valence-electron chi connectivity index (χ2n) is 9.27. The van der Waals surface area contributed by atoms with Gasteiger partial charge in [0.2, 0.25) is 8.41 Å². The van der Waals surface area contributed by atoms with Crippen LogP contribution in [0, 0.1) is 5.92 Å². The topological polar surface area (TPSA) is 96.3 Å². The molecule has 4 atom stereocenters. The van der Waals surface area contributed by atoms with Gasteiger partial charge in [0.05, 0.1) is 22.7 Å². The van der Waals surface area contributed by atoms with Gasteiger partial charge in [0.25, 0.3) is 11.5 Å². The molecule has 2 aliphatic heterocycles. The van der Waals surface area contributed by atoms with Crippen LogP contribution in [0.5, 0.6) is 0 Å². The molecule has 0 unspecified atom stereocenters. The lowest BCUT2D eigenvalue weighted by Crippen LogP contribution is -2.42. The summed E-state index contributed by atoms with van der Waals surface area (Å²) in [5.41, 5.74) is 0.461. The van der Waals surface area contributed by atoms with Crippen LogP contribution in [0.1, 0.15) is 18.9 Å². The smallest absolute Gasteiger partial charge is 0.279 e. The molecule has 3 heterocycles. The van der Waals surface area contributed by atoms with Crippen molar-refractivity contribution < 1.29 is 18.7 Å². The van der Waals surface area contributed by atoms with Crippen molar-refractivity contribution in [3.63, 3.8) is 0 Å². The summed E-state index contributed by atoms with van der Waals surface area (Å²) in [6, 6.07) is 12.5. The number of amides is 1. The molecule has 3 N–H and O–H groups in total. The van der Waals surface area contributed by atoms with Crippen LogP contribution in [0.2, 0.25) is 18.6 Å². The first-order chi connectivity index (χ1) is 15.2. The molecular weight excluding hydrogens is 429 g/mol. The highest BCUT2D eigenvalue weighted by molar-refractivity contribution is 6.72. The number of aromatic nitrogens is 2. The van der Waals surface area contributed by atoms with E-state index in [1.807, 2.05) is 19.1 Å². The average molecular weight is 456 g/mol. The lowest BCUT2D eigenvalue weighted by atomic mass is 9.82. The zero-order valence-corrected chi connectivity index (χ0v) is 19.2. The number of halogens is 1. The highest BCUT2D eigenvalue weighted by Crippen LogP contribution is 2.58. The normalized spacial score (nSPS) is 27.3. The fourth-order valence-electron chi connectivity index (χ4n) is 5.63. The van der Waals surface area contributed by atoms with E-state index in [0.29, 0.717) is 27.8 Å². The van der Waals surface area contributed by atoms with Crippen molar-refractivity contribution in [1.82, 2.24) is 9.78 Å². The summed E-state index contributed by atoms with van der Waals surface area (Å²) in [6.45, 7) is 4.95. The zero-order chi connectivity index (χ0) is 22.8. The van der Waals surface area contributed by atoms with Gasteiger partial charge in [0, 0.05) is 29.3 Å². The molecule has 1 saturated heterocycles. The van der Waals surface area contributed by atoms with Gasteiger partial charge in [-0.1, -0.05) is 19.1 Å². The number of fused-ring (bicyclic) bond motifs is 3. The molecule has 1 spiro atoms. The Morgan fingerprint density at radius 1 is 1.22 bits per heavy atom. The summed E-state index contributed by atoms with van der Waals surface area (Å²) in [5.74, 6) is -0.758. The van der Waals surface area contributed by atoms with E-state index in [4.69, 9.17) is 4.74 Å². The number of para-hydroxylation sites is 1. The molecular formula is C23H26FN3O4Si. The number of rotatable bonds is 4. The maximum atomic E-state index is 15.4. The van der Waals surface area contributed by atoms with E-state index >= 15 is 4.11 Å². The van der Waals surface area contributed by atoms with Crippen molar-refractivity contribution in [2.75, 3.05) is 11.9 Å². The molecule has 0 saturated carbocycles. The van der Waals surface area contributed by atoms with Crippen molar-refractivity contribution in [3.05, 3.63) is 58.4 Å². The number of carbonyl (C=O) groups excluding carboxylic acids is 1. The van der Waals surface area contributed by atoms with E-state index in [-0.39, 0.29) is 24.5 Å². The molecule has 2 aliphatic rings. The third-order valence-electron chi connectivity index (χ3n) is 6.96. The number of anilines is 1. The molecule has 1 aromatic heterocycles. The van der Waals surface area contributed by atoms with Crippen LogP contribution in [0.25, 0.3) is 16.6 Å². The predicted octanol–water partition coefficient (Wildman–Crippen LogP) is 3.43. The third kappa shape index (κ3) is 2.84. The Balaban J connectivity index is 1.66. The minimum absolute atomic E-state index is 0.145. The number of aliphatic hydroxyl groups excluding tert-OH is 1. The molecule has 0 radical (unpaired) electrons. The molecule has 168 valence electrons. The minimum atomic E-state index is -3.22. The zero-order valence-electron chi connectivity index (χ0n) is 18.2. The largest absolute Gasteiger partial charge is 0.396 e. The second kappa shape index (κ2) is 7.13. The van der Waals surface area contributed by atoms with Gasteiger partial charge in [-0.2, -0.15) is 0 Å². The van der Waals surface area contributed by atoms with Gasteiger partial charge in [-0.3, -0.25) is 14.7 Å². The second-order valence-corrected chi connectivity index (χ2v) is 13.1. The molecule has 5 rings (SSSR count). The summed E-state index contributed by atoms with van der Waals surface area (Å²) in [5, 5.41) is 16.1. The standard InChI is InChI=1S/C23H26FN3O4Si/c1-13-20(32(2,3)24)19(10-11-28)31-23(13)16-12-14(8-9-18(16)25-22(23)30)27-21(29)15-6-4-5-7-17(15)26-27/h4-9,12-13,19-20,26,28H,10-11H2,1-3H3,(H,25,30)/t13-,19+,20-,23+/m0/s1. The summed E-state index contributed by atoms with van der Waals surface area (Å²) in [4.78, 5) is 26.2.